The third kappa shape index (κ3) is 4.46. The second kappa shape index (κ2) is 8.46. The van der Waals surface area contributed by atoms with Crippen molar-refractivity contribution in [3.8, 4) is 17.1 Å². The van der Waals surface area contributed by atoms with Gasteiger partial charge in [-0.1, -0.05) is 18.5 Å². The molecule has 0 spiro atoms. The van der Waals surface area contributed by atoms with E-state index < -0.39 is 0 Å². The van der Waals surface area contributed by atoms with Crippen LogP contribution in [-0.4, -0.2) is 33.9 Å². The van der Waals surface area contributed by atoms with Crippen molar-refractivity contribution in [2.24, 2.45) is 11.5 Å². The van der Waals surface area contributed by atoms with Crippen LogP contribution in [-0.2, 0) is 0 Å². The number of nitrogens with one attached hydrogen (secondary N) is 2. The first-order valence-corrected chi connectivity index (χ1v) is 8.16. The highest BCUT2D eigenvalue weighted by Gasteiger charge is 2.14. The zero-order chi connectivity index (χ0) is 18.4. The number of hydrogen-bond acceptors (Lipinski definition) is 7. The normalized spacial score (nSPS) is 12.7. The van der Waals surface area contributed by atoms with Crippen LogP contribution < -0.4 is 16.8 Å². The Hall–Kier alpha value is -2.64. The van der Waals surface area contributed by atoms with Gasteiger partial charge in [-0.3, -0.25) is 0 Å². The Balaban J connectivity index is 2.50. The van der Waals surface area contributed by atoms with E-state index in [2.05, 4.69) is 15.3 Å². The lowest BCUT2D eigenvalue weighted by Crippen LogP contribution is -2.28. The lowest BCUT2D eigenvalue weighted by Gasteiger charge is -2.15. The fourth-order valence-corrected chi connectivity index (χ4v) is 2.30. The van der Waals surface area contributed by atoms with Crippen LogP contribution in [0.1, 0.15) is 18.9 Å². The van der Waals surface area contributed by atoms with E-state index in [0.29, 0.717) is 39.9 Å². The van der Waals surface area contributed by atoms with Crippen molar-refractivity contribution < 1.29 is 5.11 Å². The van der Waals surface area contributed by atoms with Gasteiger partial charge in [0.25, 0.3) is 0 Å². The number of phenolic OH excluding ortho intramolecular Hbond substituents is 1. The Labute approximate surface area is 151 Å². The van der Waals surface area contributed by atoms with Gasteiger partial charge in [0.15, 0.2) is 5.82 Å². The SMILES string of the molecule is CCC(N)CNc1nc(-c2cc(Cl)ccc2O)ncc1/C(C=N)=C/N. The third-order valence-electron chi connectivity index (χ3n) is 3.69. The fourth-order valence-electron chi connectivity index (χ4n) is 2.13. The lowest BCUT2D eigenvalue weighted by molar-refractivity contribution is 0.477. The summed E-state index contributed by atoms with van der Waals surface area (Å²) in [6.45, 7) is 2.49. The smallest absolute Gasteiger partial charge is 0.165 e. The number of rotatable bonds is 7. The van der Waals surface area contributed by atoms with Crippen molar-refractivity contribution in [1.82, 2.24) is 9.97 Å². The molecule has 7 N–H and O–H groups in total. The van der Waals surface area contributed by atoms with Crippen LogP contribution in [0.15, 0.2) is 30.6 Å². The van der Waals surface area contributed by atoms with Crippen LogP contribution in [0.4, 0.5) is 5.82 Å². The van der Waals surface area contributed by atoms with Gasteiger partial charge in [-0.05, 0) is 24.6 Å². The van der Waals surface area contributed by atoms with E-state index in [1.54, 1.807) is 18.3 Å². The summed E-state index contributed by atoms with van der Waals surface area (Å²) in [5, 5.41) is 21.2. The van der Waals surface area contributed by atoms with Crippen LogP contribution in [0.5, 0.6) is 5.75 Å². The van der Waals surface area contributed by atoms with Gasteiger partial charge in [-0.25, -0.2) is 9.97 Å². The molecule has 1 aromatic heterocycles. The van der Waals surface area contributed by atoms with Crippen LogP contribution >= 0.6 is 11.6 Å². The minimum Gasteiger partial charge on any atom is -0.507 e. The largest absolute Gasteiger partial charge is 0.507 e. The van der Waals surface area contributed by atoms with E-state index in [1.807, 2.05) is 6.92 Å². The minimum atomic E-state index is -0.0453. The van der Waals surface area contributed by atoms with Gasteiger partial charge < -0.3 is 27.3 Å². The van der Waals surface area contributed by atoms with E-state index >= 15 is 0 Å². The average Bonchev–Trinajstić information content (AvgIpc) is 2.63. The fraction of sp³-hybridized carbons (Fsp3) is 0.235. The number of benzene rings is 1. The second-order valence-electron chi connectivity index (χ2n) is 5.43. The molecule has 7 nitrogen and oxygen atoms in total. The number of anilines is 1. The highest BCUT2D eigenvalue weighted by molar-refractivity contribution is 6.30. The zero-order valence-electron chi connectivity index (χ0n) is 13.8. The van der Waals surface area contributed by atoms with Gasteiger partial charge in [0.05, 0.1) is 5.56 Å². The lowest BCUT2D eigenvalue weighted by atomic mass is 10.1. The molecule has 0 aliphatic heterocycles. The number of allylic oxidation sites excluding steroid dienone is 1. The number of aromatic hydroxyl groups is 1. The summed E-state index contributed by atoms with van der Waals surface area (Å²) < 4.78 is 0. The monoisotopic (exact) mass is 360 g/mol. The van der Waals surface area contributed by atoms with Gasteiger partial charge in [-0.2, -0.15) is 0 Å². The average molecular weight is 361 g/mol. The maximum absolute atomic E-state index is 10.1. The zero-order valence-corrected chi connectivity index (χ0v) is 14.6. The van der Waals surface area contributed by atoms with Gasteiger partial charge in [0, 0.05) is 47.4 Å². The van der Waals surface area contributed by atoms with Crippen LogP contribution in [0.3, 0.4) is 0 Å². The number of hydrogen-bond donors (Lipinski definition) is 5. The molecule has 1 atom stereocenters. The number of nitrogens with two attached hydrogens (primary N) is 2. The molecule has 0 saturated carbocycles. The third-order valence-corrected chi connectivity index (χ3v) is 3.93. The van der Waals surface area contributed by atoms with Gasteiger partial charge >= 0.3 is 0 Å². The van der Waals surface area contributed by atoms with Gasteiger partial charge in [0.2, 0.25) is 0 Å². The molecule has 0 fully saturated rings. The highest BCUT2D eigenvalue weighted by atomic mass is 35.5. The van der Waals surface area contributed by atoms with Crippen molar-refractivity contribution >= 4 is 29.2 Å². The number of phenols is 1. The molecule has 0 bridgehead atoms. The molecule has 0 amide bonds. The molecule has 0 radical (unpaired) electrons. The van der Waals surface area contributed by atoms with Crippen molar-refractivity contribution in [3.63, 3.8) is 0 Å². The molecule has 8 heteroatoms. The predicted molar refractivity (Wildman–Crippen MR) is 102 cm³/mol. The Morgan fingerprint density at radius 1 is 1.48 bits per heavy atom. The summed E-state index contributed by atoms with van der Waals surface area (Å²) >= 11 is 6.00. The van der Waals surface area contributed by atoms with Crippen molar-refractivity contribution in [2.75, 3.05) is 11.9 Å². The topological polar surface area (TPSA) is 134 Å². The van der Waals surface area contributed by atoms with Crippen LogP contribution in [0, 0.1) is 5.41 Å². The summed E-state index contributed by atoms with van der Waals surface area (Å²) in [5.74, 6) is 0.807. The molecule has 1 aromatic carbocycles. The molecule has 0 saturated heterocycles. The molecular weight excluding hydrogens is 340 g/mol. The molecule has 2 rings (SSSR count). The molecule has 132 valence electrons. The maximum atomic E-state index is 10.1. The van der Waals surface area contributed by atoms with Gasteiger partial charge in [-0.15, -0.1) is 0 Å². The van der Waals surface area contributed by atoms with E-state index in [9.17, 15) is 5.11 Å². The van der Waals surface area contributed by atoms with Crippen molar-refractivity contribution in [3.05, 3.63) is 41.2 Å². The Morgan fingerprint density at radius 2 is 2.24 bits per heavy atom. The summed E-state index contributed by atoms with van der Waals surface area (Å²) in [6.07, 6.45) is 4.79. The van der Waals surface area contributed by atoms with Gasteiger partial charge in [0.1, 0.15) is 11.6 Å². The molecule has 0 aliphatic carbocycles. The molecular formula is C17H21ClN6O. The Morgan fingerprint density at radius 3 is 2.88 bits per heavy atom. The molecule has 0 aliphatic rings. The standard InChI is InChI=1S/C17H21ClN6O/c1-2-12(21)8-22-17-14(10(6-19)7-20)9-23-16(24-17)13-5-11(18)3-4-15(13)25/h3-7,9,12,19,25H,2,8,20-21H2,1H3,(H,22,23,24)/b10-7+,19-6?. The van der Waals surface area contributed by atoms with E-state index in [4.69, 9.17) is 28.5 Å². The maximum Gasteiger partial charge on any atom is 0.165 e. The Bertz CT molecular complexity index is 793. The molecule has 1 unspecified atom stereocenters. The molecule has 25 heavy (non-hydrogen) atoms. The first-order chi connectivity index (χ1) is 12.0. The van der Waals surface area contributed by atoms with Crippen LogP contribution in [0.2, 0.25) is 5.02 Å². The van der Waals surface area contributed by atoms with E-state index in [0.717, 1.165) is 12.6 Å². The van der Waals surface area contributed by atoms with E-state index in [-0.39, 0.29) is 11.8 Å². The summed E-state index contributed by atoms with van der Waals surface area (Å²) in [4.78, 5) is 8.75. The first-order valence-electron chi connectivity index (χ1n) is 7.78. The summed E-state index contributed by atoms with van der Waals surface area (Å²) in [5.41, 5.74) is 13.0. The van der Waals surface area contributed by atoms with Crippen LogP contribution in [0.25, 0.3) is 17.0 Å². The highest BCUT2D eigenvalue weighted by Crippen LogP contribution is 2.31. The Kier molecular flexibility index (Phi) is 6.32. The van der Waals surface area contributed by atoms with Crippen molar-refractivity contribution in [2.45, 2.75) is 19.4 Å². The first kappa shape index (κ1) is 18.7. The molecule has 1 heterocycles. The number of nitrogens with zero attached hydrogens (tertiary/aromatic N) is 2. The number of halogens is 1. The second-order valence-corrected chi connectivity index (χ2v) is 5.87. The predicted octanol–water partition coefficient (Wildman–Crippen LogP) is 2.60. The quantitative estimate of drug-likeness (QED) is 0.482. The number of aromatic nitrogens is 2. The minimum absolute atomic E-state index is 0.0232. The summed E-state index contributed by atoms with van der Waals surface area (Å²) in [7, 11) is 0. The summed E-state index contributed by atoms with van der Waals surface area (Å²) in [6, 6.07) is 4.61. The molecule has 2 aromatic rings. The van der Waals surface area contributed by atoms with Crippen molar-refractivity contribution in [1.29, 1.82) is 5.41 Å². The van der Waals surface area contributed by atoms with E-state index in [1.165, 1.54) is 12.3 Å².